The maximum absolute atomic E-state index is 10.6. The van der Waals surface area contributed by atoms with Gasteiger partial charge in [-0.2, -0.15) is 0 Å². The van der Waals surface area contributed by atoms with Crippen molar-refractivity contribution in [2.24, 2.45) is 0 Å². The highest BCUT2D eigenvalue weighted by Gasteiger charge is 2.07. The second-order valence-corrected chi connectivity index (χ2v) is 2.84. The molecule has 2 aromatic heterocycles. The molecule has 0 atom stereocenters. The Labute approximate surface area is 75.4 Å². The summed E-state index contributed by atoms with van der Waals surface area (Å²) in [6, 6.07) is 0. The number of fused-ring (bicyclic) bond motifs is 1. The van der Waals surface area contributed by atoms with Crippen molar-refractivity contribution in [1.29, 1.82) is 0 Å². The number of hydrogen-bond donors (Lipinski definition) is 0. The number of aldehydes is 1. The topological polar surface area (TPSA) is 43.1 Å². The van der Waals surface area contributed by atoms with E-state index in [1.807, 2.05) is 6.92 Å². The van der Waals surface area contributed by atoms with Crippen LogP contribution in [-0.2, 0) is 6.42 Å². The van der Waals surface area contributed by atoms with E-state index in [1.54, 1.807) is 12.4 Å². The van der Waals surface area contributed by atoms with E-state index in [0.29, 0.717) is 5.56 Å². The second-order valence-electron chi connectivity index (χ2n) is 2.84. The fraction of sp³-hybridized carbons (Fsp3) is 0.200. The minimum Gasteiger partial charge on any atom is -0.463 e. The number of carbonyl (C=O) groups is 1. The molecule has 66 valence electrons. The molecule has 0 aliphatic rings. The van der Waals surface area contributed by atoms with E-state index in [9.17, 15) is 4.79 Å². The Morgan fingerprint density at radius 3 is 3.08 bits per heavy atom. The van der Waals surface area contributed by atoms with E-state index in [4.69, 9.17) is 4.42 Å². The highest BCUT2D eigenvalue weighted by atomic mass is 16.3. The summed E-state index contributed by atoms with van der Waals surface area (Å²) in [7, 11) is 0. The molecule has 0 bridgehead atoms. The Morgan fingerprint density at radius 2 is 2.38 bits per heavy atom. The molecule has 0 fully saturated rings. The standard InChI is InChI=1S/C10H9NO2/c1-2-7-3-11-4-9-8(5-12)6-13-10(7)9/h3-6H,2H2,1H3. The van der Waals surface area contributed by atoms with Crippen LogP contribution in [0, 0.1) is 0 Å². The Balaban J connectivity index is 2.79. The SMILES string of the molecule is CCc1cncc2c(C=O)coc12. The van der Waals surface area contributed by atoms with Crippen molar-refractivity contribution in [3.05, 3.63) is 29.8 Å². The predicted octanol–water partition coefficient (Wildman–Crippen LogP) is 2.20. The van der Waals surface area contributed by atoms with E-state index in [1.165, 1.54) is 6.26 Å². The van der Waals surface area contributed by atoms with Crippen molar-refractivity contribution in [3.8, 4) is 0 Å². The lowest BCUT2D eigenvalue weighted by atomic mass is 10.1. The van der Waals surface area contributed by atoms with Crippen LogP contribution in [0.2, 0.25) is 0 Å². The third kappa shape index (κ3) is 1.13. The maximum Gasteiger partial charge on any atom is 0.153 e. The van der Waals surface area contributed by atoms with E-state index in [-0.39, 0.29) is 0 Å². The van der Waals surface area contributed by atoms with Crippen molar-refractivity contribution in [3.63, 3.8) is 0 Å². The summed E-state index contributed by atoms with van der Waals surface area (Å²) in [5.74, 6) is 0. The van der Waals surface area contributed by atoms with Crippen LogP contribution in [0.3, 0.4) is 0 Å². The molecule has 3 nitrogen and oxygen atoms in total. The summed E-state index contributed by atoms with van der Waals surface area (Å²) >= 11 is 0. The molecule has 0 saturated carbocycles. The molecule has 0 saturated heterocycles. The van der Waals surface area contributed by atoms with E-state index in [0.717, 1.165) is 29.2 Å². The molecule has 0 aromatic carbocycles. The number of rotatable bonds is 2. The Hall–Kier alpha value is -1.64. The molecule has 2 aromatic rings. The van der Waals surface area contributed by atoms with Crippen LogP contribution in [-0.4, -0.2) is 11.3 Å². The molecule has 2 heterocycles. The summed E-state index contributed by atoms with van der Waals surface area (Å²) in [4.78, 5) is 14.6. The van der Waals surface area contributed by atoms with Crippen LogP contribution in [0.15, 0.2) is 23.1 Å². The second kappa shape index (κ2) is 3.01. The summed E-state index contributed by atoms with van der Waals surface area (Å²) in [6.07, 6.45) is 6.53. The first-order valence-corrected chi connectivity index (χ1v) is 4.16. The lowest BCUT2D eigenvalue weighted by molar-refractivity contribution is 0.112. The predicted molar refractivity (Wildman–Crippen MR) is 48.8 cm³/mol. The van der Waals surface area contributed by atoms with E-state index >= 15 is 0 Å². The lowest BCUT2D eigenvalue weighted by Gasteiger charge is -1.95. The van der Waals surface area contributed by atoms with Gasteiger partial charge in [0.15, 0.2) is 6.29 Å². The van der Waals surface area contributed by atoms with Gasteiger partial charge >= 0.3 is 0 Å². The molecule has 3 heteroatoms. The number of hydrogen-bond acceptors (Lipinski definition) is 3. The van der Waals surface area contributed by atoms with Crippen LogP contribution in [0.5, 0.6) is 0 Å². The summed E-state index contributed by atoms with van der Waals surface area (Å²) in [5, 5.41) is 0.800. The molecule has 0 N–H and O–H groups in total. The smallest absolute Gasteiger partial charge is 0.153 e. The van der Waals surface area contributed by atoms with Crippen LogP contribution >= 0.6 is 0 Å². The molecule has 0 aliphatic heterocycles. The Bertz CT molecular complexity index is 445. The fourth-order valence-electron chi connectivity index (χ4n) is 1.37. The molecule has 0 radical (unpaired) electrons. The fourth-order valence-corrected chi connectivity index (χ4v) is 1.37. The van der Waals surface area contributed by atoms with Gasteiger partial charge in [-0.15, -0.1) is 0 Å². The quantitative estimate of drug-likeness (QED) is 0.657. The lowest BCUT2D eigenvalue weighted by Crippen LogP contribution is -1.84. The van der Waals surface area contributed by atoms with Crippen LogP contribution < -0.4 is 0 Å². The molecular weight excluding hydrogens is 166 g/mol. The maximum atomic E-state index is 10.6. The minimum atomic E-state index is 0.567. The van der Waals surface area contributed by atoms with Gasteiger partial charge in [0.2, 0.25) is 0 Å². The van der Waals surface area contributed by atoms with E-state index in [2.05, 4.69) is 4.98 Å². The first-order valence-electron chi connectivity index (χ1n) is 4.16. The number of aromatic nitrogens is 1. The van der Waals surface area contributed by atoms with Crippen LogP contribution in [0.1, 0.15) is 22.8 Å². The average Bonchev–Trinajstić information content (AvgIpc) is 2.60. The molecule has 0 unspecified atom stereocenters. The zero-order chi connectivity index (χ0) is 9.26. The first-order chi connectivity index (χ1) is 6.36. The molecule has 0 aliphatic carbocycles. The largest absolute Gasteiger partial charge is 0.463 e. The van der Waals surface area contributed by atoms with Gasteiger partial charge in [0, 0.05) is 23.3 Å². The third-order valence-electron chi connectivity index (χ3n) is 2.09. The van der Waals surface area contributed by atoms with Gasteiger partial charge in [0.25, 0.3) is 0 Å². The first kappa shape index (κ1) is 7.98. The highest BCUT2D eigenvalue weighted by Crippen LogP contribution is 2.22. The van der Waals surface area contributed by atoms with Gasteiger partial charge in [-0.3, -0.25) is 9.78 Å². The van der Waals surface area contributed by atoms with E-state index < -0.39 is 0 Å². The summed E-state index contributed by atoms with van der Waals surface area (Å²) in [6.45, 7) is 2.03. The number of nitrogens with zero attached hydrogens (tertiary/aromatic N) is 1. The summed E-state index contributed by atoms with van der Waals surface area (Å²) in [5.41, 5.74) is 2.38. The average molecular weight is 175 g/mol. The zero-order valence-corrected chi connectivity index (χ0v) is 7.28. The molecule has 0 amide bonds. The van der Waals surface area contributed by atoms with Gasteiger partial charge in [0.05, 0.1) is 5.56 Å². The normalized spacial score (nSPS) is 10.5. The monoisotopic (exact) mass is 175 g/mol. The van der Waals surface area contributed by atoms with Crippen molar-refractivity contribution in [2.75, 3.05) is 0 Å². The van der Waals surface area contributed by atoms with Crippen LogP contribution in [0.25, 0.3) is 11.0 Å². The molecule has 13 heavy (non-hydrogen) atoms. The number of carbonyl (C=O) groups excluding carboxylic acids is 1. The zero-order valence-electron chi connectivity index (χ0n) is 7.28. The van der Waals surface area contributed by atoms with Gasteiger partial charge in [0.1, 0.15) is 11.8 Å². The van der Waals surface area contributed by atoms with Crippen molar-refractivity contribution in [1.82, 2.24) is 4.98 Å². The molecule has 0 spiro atoms. The Kier molecular flexibility index (Phi) is 1.85. The Morgan fingerprint density at radius 1 is 1.54 bits per heavy atom. The van der Waals surface area contributed by atoms with Crippen molar-refractivity contribution in [2.45, 2.75) is 13.3 Å². The van der Waals surface area contributed by atoms with Gasteiger partial charge < -0.3 is 4.42 Å². The van der Waals surface area contributed by atoms with Crippen molar-refractivity contribution < 1.29 is 9.21 Å². The van der Waals surface area contributed by atoms with Crippen LogP contribution in [0.4, 0.5) is 0 Å². The number of pyridine rings is 1. The molecular formula is C10H9NO2. The summed E-state index contributed by atoms with van der Waals surface area (Å²) < 4.78 is 5.29. The third-order valence-corrected chi connectivity index (χ3v) is 2.09. The van der Waals surface area contributed by atoms with Crippen molar-refractivity contribution >= 4 is 17.3 Å². The highest BCUT2D eigenvalue weighted by molar-refractivity contribution is 5.96. The van der Waals surface area contributed by atoms with Gasteiger partial charge in [-0.25, -0.2) is 0 Å². The molecule has 2 rings (SSSR count). The van der Waals surface area contributed by atoms with Gasteiger partial charge in [-0.1, -0.05) is 6.92 Å². The minimum absolute atomic E-state index is 0.567. The number of aryl methyl sites for hydroxylation is 1. The number of furan rings is 1. The van der Waals surface area contributed by atoms with Gasteiger partial charge in [-0.05, 0) is 6.42 Å².